The van der Waals surface area contributed by atoms with E-state index < -0.39 is 11.0 Å². The molecule has 0 saturated heterocycles. The molecule has 2 aromatic carbocycles. The fourth-order valence-corrected chi connectivity index (χ4v) is 2.30. The highest BCUT2D eigenvalue weighted by molar-refractivity contribution is 5.73. The zero-order chi connectivity index (χ0) is 15.6. The lowest BCUT2D eigenvalue weighted by Gasteiger charge is -2.22. The number of aryl methyl sites for hydroxylation is 1. The van der Waals surface area contributed by atoms with Crippen molar-refractivity contribution in [3.05, 3.63) is 63.7 Å². The van der Waals surface area contributed by atoms with Gasteiger partial charge in [0, 0.05) is 18.8 Å². The van der Waals surface area contributed by atoms with Gasteiger partial charge >= 0.3 is 0 Å². The summed E-state index contributed by atoms with van der Waals surface area (Å²) < 4.78 is 0. The van der Waals surface area contributed by atoms with Gasteiger partial charge in [-0.25, -0.2) is 0 Å². The Balaban J connectivity index is 2.53. The molecule has 110 valence electrons. The van der Waals surface area contributed by atoms with Crippen molar-refractivity contribution in [1.29, 1.82) is 0 Å². The summed E-state index contributed by atoms with van der Waals surface area (Å²) in [6, 6.07) is 12.5. The predicted molar refractivity (Wildman–Crippen MR) is 83.0 cm³/mol. The molecule has 0 spiro atoms. The smallest absolute Gasteiger partial charge is 0.293 e. The van der Waals surface area contributed by atoms with Crippen molar-refractivity contribution in [2.45, 2.75) is 20.0 Å². The molecule has 0 unspecified atom stereocenters. The van der Waals surface area contributed by atoms with Gasteiger partial charge in [0.15, 0.2) is 0 Å². The Labute approximate surface area is 123 Å². The number of nitrogens with zero attached hydrogens (tertiary/aromatic N) is 2. The van der Waals surface area contributed by atoms with E-state index in [2.05, 4.69) is 0 Å². The molecule has 0 aliphatic rings. The zero-order valence-electron chi connectivity index (χ0n) is 12.3. The van der Waals surface area contributed by atoms with Gasteiger partial charge in [-0.15, -0.1) is 0 Å². The molecule has 0 saturated carbocycles. The van der Waals surface area contributed by atoms with E-state index in [-0.39, 0.29) is 5.69 Å². The van der Waals surface area contributed by atoms with E-state index in [0.29, 0.717) is 11.3 Å². The summed E-state index contributed by atoms with van der Waals surface area (Å²) in [6.07, 6.45) is -0.735. The highest BCUT2D eigenvalue weighted by Crippen LogP contribution is 2.35. The second kappa shape index (κ2) is 5.93. The molecule has 21 heavy (non-hydrogen) atoms. The molecule has 0 amide bonds. The van der Waals surface area contributed by atoms with Crippen LogP contribution in [-0.2, 0) is 0 Å². The monoisotopic (exact) mass is 286 g/mol. The minimum absolute atomic E-state index is 0.0147. The van der Waals surface area contributed by atoms with Gasteiger partial charge in [-0.3, -0.25) is 10.1 Å². The fourth-order valence-electron chi connectivity index (χ4n) is 2.30. The first-order valence-corrected chi connectivity index (χ1v) is 6.67. The number of aliphatic hydroxyl groups excluding tert-OH is 1. The number of anilines is 2. The van der Waals surface area contributed by atoms with Crippen LogP contribution in [0, 0.1) is 17.0 Å². The Morgan fingerprint density at radius 1 is 1.19 bits per heavy atom. The number of nitro groups is 1. The summed E-state index contributed by atoms with van der Waals surface area (Å²) in [5.41, 5.74) is 2.96. The van der Waals surface area contributed by atoms with Crippen molar-refractivity contribution in [3.8, 4) is 0 Å². The third-order valence-corrected chi connectivity index (χ3v) is 3.52. The number of nitro benzene ring substituents is 1. The van der Waals surface area contributed by atoms with Crippen molar-refractivity contribution in [2.24, 2.45) is 0 Å². The largest absolute Gasteiger partial charge is 0.389 e. The molecule has 5 heteroatoms. The maximum atomic E-state index is 11.3. The topological polar surface area (TPSA) is 66.6 Å². The van der Waals surface area contributed by atoms with Crippen molar-refractivity contribution < 1.29 is 10.0 Å². The van der Waals surface area contributed by atoms with Gasteiger partial charge < -0.3 is 10.0 Å². The molecule has 2 aromatic rings. The fraction of sp³-hybridized carbons (Fsp3) is 0.250. The predicted octanol–water partition coefficient (Wildman–Crippen LogP) is 3.72. The molecule has 0 heterocycles. The van der Waals surface area contributed by atoms with Crippen molar-refractivity contribution in [2.75, 3.05) is 11.9 Å². The van der Waals surface area contributed by atoms with Crippen LogP contribution in [-0.4, -0.2) is 17.1 Å². The molecule has 0 radical (unpaired) electrons. The van der Waals surface area contributed by atoms with Crippen LogP contribution >= 0.6 is 0 Å². The molecular weight excluding hydrogens is 268 g/mol. The Morgan fingerprint density at radius 3 is 2.43 bits per heavy atom. The Hall–Kier alpha value is -2.40. The lowest BCUT2D eigenvalue weighted by Crippen LogP contribution is -2.13. The Kier molecular flexibility index (Phi) is 4.23. The summed E-state index contributed by atoms with van der Waals surface area (Å²) >= 11 is 0. The van der Waals surface area contributed by atoms with Crippen LogP contribution in [0.1, 0.15) is 24.2 Å². The van der Waals surface area contributed by atoms with E-state index in [4.69, 9.17) is 0 Å². The summed E-state index contributed by atoms with van der Waals surface area (Å²) in [4.78, 5) is 12.7. The maximum absolute atomic E-state index is 11.3. The van der Waals surface area contributed by atoms with Gasteiger partial charge in [0.25, 0.3) is 5.69 Å². The van der Waals surface area contributed by atoms with E-state index in [1.165, 1.54) is 6.07 Å². The molecule has 0 aliphatic heterocycles. The normalized spacial score (nSPS) is 12.0. The van der Waals surface area contributed by atoms with Crippen LogP contribution in [0.4, 0.5) is 17.1 Å². The zero-order valence-corrected chi connectivity index (χ0v) is 12.3. The molecule has 0 fully saturated rings. The quantitative estimate of drug-likeness (QED) is 0.687. The molecule has 0 aromatic heterocycles. The average molecular weight is 286 g/mol. The number of aliphatic hydroxyl groups is 1. The molecule has 1 N–H and O–H groups in total. The van der Waals surface area contributed by atoms with Crippen LogP contribution in [0.15, 0.2) is 42.5 Å². The standard InChI is InChI=1S/C16H18N2O3/c1-11-6-4-5-7-14(11)17(3)15-9-8-13(12(2)19)10-16(15)18(20)21/h4-10,12,19H,1-3H3/t12-/m1/s1. The second-order valence-corrected chi connectivity index (χ2v) is 5.03. The van der Waals surface area contributed by atoms with Crippen molar-refractivity contribution >= 4 is 17.1 Å². The average Bonchev–Trinajstić information content (AvgIpc) is 2.46. The third kappa shape index (κ3) is 3.03. The summed E-state index contributed by atoms with van der Waals surface area (Å²) in [5, 5.41) is 20.9. The van der Waals surface area contributed by atoms with Gasteiger partial charge in [-0.1, -0.05) is 24.3 Å². The first kappa shape index (κ1) is 15.0. The first-order chi connectivity index (χ1) is 9.91. The number of rotatable bonds is 4. The van der Waals surface area contributed by atoms with Crippen LogP contribution in [0.2, 0.25) is 0 Å². The third-order valence-electron chi connectivity index (χ3n) is 3.52. The maximum Gasteiger partial charge on any atom is 0.293 e. The van der Waals surface area contributed by atoms with Crippen LogP contribution < -0.4 is 4.90 Å². The number of hydrogen-bond donors (Lipinski definition) is 1. The lowest BCUT2D eigenvalue weighted by atomic mass is 10.1. The molecule has 0 bridgehead atoms. The van der Waals surface area contributed by atoms with Crippen molar-refractivity contribution in [1.82, 2.24) is 0 Å². The number of para-hydroxylation sites is 1. The van der Waals surface area contributed by atoms with Gasteiger partial charge in [-0.05, 0) is 37.1 Å². The minimum Gasteiger partial charge on any atom is -0.389 e. The van der Waals surface area contributed by atoms with Gasteiger partial charge in [0.2, 0.25) is 0 Å². The van der Waals surface area contributed by atoms with Gasteiger partial charge in [-0.2, -0.15) is 0 Å². The van der Waals surface area contributed by atoms with Gasteiger partial charge in [0.05, 0.1) is 11.0 Å². The highest BCUT2D eigenvalue weighted by Gasteiger charge is 2.20. The van der Waals surface area contributed by atoms with E-state index in [9.17, 15) is 15.2 Å². The van der Waals surface area contributed by atoms with E-state index in [0.717, 1.165) is 11.3 Å². The highest BCUT2D eigenvalue weighted by atomic mass is 16.6. The molecule has 2 rings (SSSR count). The summed E-state index contributed by atoms with van der Waals surface area (Å²) in [5.74, 6) is 0. The SMILES string of the molecule is Cc1ccccc1N(C)c1ccc([C@@H](C)O)cc1[N+](=O)[O-]. The van der Waals surface area contributed by atoms with E-state index >= 15 is 0 Å². The van der Waals surface area contributed by atoms with Crippen LogP contribution in [0.5, 0.6) is 0 Å². The first-order valence-electron chi connectivity index (χ1n) is 6.67. The summed E-state index contributed by atoms with van der Waals surface area (Å²) in [7, 11) is 1.80. The Bertz CT molecular complexity index is 668. The van der Waals surface area contributed by atoms with Crippen LogP contribution in [0.3, 0.4) is 0 Å². The van der Waals surface area contributed by atoms with E-state index in [1.54, 1.807) is 31.0 Å². The molecular formula is C16H18N2O3. The van der Waals surface area contributed by atoms with E-state index in [1.807, 2.05) is 31.2 Å². The van der Waals surface area contributed by atoms with Gasteiger partial charge in [0.1, 0.15) is 5.69 Å². The minimum atomic E-state index is -0.735. The lowest BCUT2D eigenvalue weighted by molar-refractivity contribution is -0.384. The Morgan fingerprint density at radius 2 is 1.86 bits per heavy atom. The number of benzene rings is 2. The molecule has 5 nitrogen and oxygen atoms in total. The molecule has 1 atom stereocenters. The van der Waals surface area contributed by atoms with Crippen LogP contribution in [0.25, 0.3) is 0 Å². The molecule has 0 aliphatic carbocycles. The second-order valence-electron chi connectivity index (χ2n) is 5.03. The summed E-state index contributed by atoms with van der Waals surface area (Å²) in [6.45, 7) is 3.55. The van der Waals surface area contributed by atoms with Crippen molar-refractivity contribution in [3.63, 3.8) is 0 Å². The number of hydrogen-bond acceptors (Lipinski definition) is 4.